The predicted molar refractivity (Wildman–Crippen MR) is 161 cm³/mol. The number of alkyl halides is 3. The van der Waals surface area contributed by atoms with Crippen LogP contribution in [0.3, 0.4) is 0 Å². The third kappa shape index (κ3) is 5.45. The molecule has 2 saturated heterocycles. The van der Waals surface area contributed by atoms with Gasteiger partial charge in [0.05, 0.1) is 22.7 Å². The van der Waals surface area contributed by atoms with Crippen LogP contribution >= 0.6 is 0 Å². The Bertz CT molecular complexity index is 1530. The smallest absolute Gasteiger partial charge is 0.384 e. The first-order valence-electron chi connectivity index (χ1n) is 15.9. The van der Waals surface area contributed by atoms with Crippen molar-refractivity contribution < 1.29 is 23.1 Å². The van der Waals surface area contributed by atoms with E-state index in [1.165, 1.54) is 6.20 Å². The summed E-state index contributed by atoms with van der Waals surface area (Å²) >= 11 is 0. The van der Waals surface area contributed by atoms with Crippen molar-refractivity contribution in [3.63, 3.8) is 0 Å². The van der Waals surface area contributed by atoms with Gasteiger partial charge in [-0.3, -0.25) is 9.78 Å². The number of aliphatic hydroxyl groups is 1. The molecule has 238 valence electrons. The Morgan fingerprint density at radius 3 is 2.42 bits per heavy atom. The summed E-state index contributed by atoms with van der Waals surface area (Å²) in [6.45, 7) is 3.57. The van der Waals surface area contributed by atoms with Crippen molar-refractivity contribution in [2.24, 2.45) is 11.3 Å². The van der Waals surface area contributed by atoms with Crippen molar-refractivity contribution in [2.75, 3.05) is 24.5 Å². The summed E-state index contributed by atoms with van der Waals surface area (Å²) in [5.41, 5.74) is -0.676. The molecule has 3 aromatic heterocycles. The molecule has 9 nitrogen and oxygen atoms in total. The number of hydrogen-bond acceptors (Lipinski definition) is 8. The second-order valence-electron chi connectivity index (χ2n) is 13.3. The number of fused-ring (bicyclic) bond motifs is 1. The van der Waals surface area contributed by atoms with Gasteiger partial charge in [0.1, 0.15) is 11.4 Å². The molecular formula is C33H38F3N7O2. The molecule has 12 heteroatoms. The van der Waals surface area contributed by atoms with E-state index >= 15 is 0 Å². The van der Waals surface area contributed by atoms with Crippen LogP contribution in [-0.4, -0.2) is 73.6 Å². The second-order valence-corrected chi connectivity index (χ2v) is 13.3. The molecule has 2 saturated carbocycles. The maximum absolute atomic E-state index is 13.9. The Morgan fingerprint density at radius 1 is 0.956 bits per heavy atom. The zero-order valence-electron chi connectivity index (χ0n) is 25.2. The summed E-state index contributed by atoms with van der Waals surface area (Å²) in [5, 5.41) is 15.3. The maximum Gasteiger partial charge on any atom is 0.416 e. The van der Waals surface area contributed by atoms with Crippen molar-refractivity contribution >= 4 is 11.7 Å². The van der Waals surface area contributed by atoms with Crippen LogP contribution in [0.4, 0.5) is 19.0 Å². The van der Waals surface area contributed by atoms with Gasteiger partial charge in [-0.2, -0.15) is 13.2 Å². The highest BCUT2D eigenvalue weighted by Gasteiger charge is 2.60. The molecule has 5 heterocycles. The Hall–Kier alpha value is -3.64. The molecule has 45 heavy (non-hydrogen) atoms. The van der Waals surface area contributed by atoms with Gasteiger partial charge in [0.2, 0.25) is 5.91 Å². The minimum Gasteiger partial charge on any atom is -0.384 e. The zero-order valence-corrected chi connectivity index (χ0v) is 25.2. The van der Waals surface area contributed by atoms with Crippen molar-refractivity contribution in [3.8, 4) is 11.4 Å². The highest BCUT2D eigenvalue weighted by molar-refractivity contribution is 5.87. The van der Waals surface area contributed by atoms with Crippen LogP contribution in [0.5, 0.6) is 0 Å². The maximum atomic E-state index is 13.9. The normalized spacial score (nSPS) is 31.9. The van der Waals surface area contributed by atoms with E-state index in [4.69, 9.17) is 0 Å². The summed E-state index contributed by atoms with van der Waals surface area (Å²) < 4.78 is 40.0. The minimum atomic E-state index is -4.43. The lowest BCUT2D eigenvalue weighted by atomic mass is 9.74. The molecule has 0 bridgehead atoms. The largest absolute Gasteiger partial charge is 0.416 e. The number of carbonyl (C=O) groups is 1. The Balaban J connectivity index is 0.960. The number of halogens is 3. The number of aromatic nitrogens is 4. The number of carbonyl (C=O) groups excluding carboxylic acids is 1. The number of hydrogen-bond donors (Lipinski definition) is 2. The van der Waals surface area contributed by atoms with Crippen LogP contribution < -0.4 is 10.2 Å². The van der Waals surface area contributed by atoms with E-state index in [2.05, 4.69) is 32.2 Å². The SMILES string of the molecule is CC1C2CN(c3cc(C(F)(F)F)ccn3)CCN2C(=O)[C@]12CC[C@@H](NC1CCC(O)(c3ccc(-c4ncccn4)cn3)CC1)C2. The van der Waals surface area contributed by atoms with E-state index < -0.39 is 22.8 Å². The number of anilines is 1. The Labute approximate surface area is 260 Å². The van der Waals surface area contributed by atoms with E-state index in [1.807, 2.05) is 21.9 Å². The third-order valence-electron chi connectivity index (χ3n) is 10.8. The average Bonchev–Trinajstić information content (AvgIpc) is 3.57. The molecule has 1 amide bonds. The van der Waals surface area contributed by atoms with E-state index in [-0.39, 0.29) is 30.0 Å². The van der Waals surface area contributed by atoms with Gasteiger partial charge >= 0.3 is 6.18 Å². The lowest BCUT2D eigenvalue weighted by Crippen LogP contribution is -2.53. The topological polar surface area (TPSA) is 107 Å². The van der Waals surface area contributed by atoms with Crippen LogP contribution in [0, 0.1) is 11.3 Å². The van der Waals surface area contributed by atoms with E-state index in [1.54, 1.807) is 24.7 Å². The van der Waals surface area contributed by atoms with Gasteiger partial charge in [-0.25, -0.2) is 15.0 Å². The molecule has 2 aliphatic heterocycles. The fraction of sp³-hybridized carbons (Fsp3) is 0.545. The molecule has 0 aromatic carbocycles. The fourth-order valence-electron chi connectivity index (χ4n) is 8.24. The summed E-state index contributed by atoms with van der Waals surface area (Å²) in [5.74, 6) is 1.18. The predicted octanol–water partition coefficient (Wildman–Crippen LogP) is 4.58. The van der Waals surface area contributed by atoms with Gasteiger partial charge in [-0.05, 0) is 81.2 Å². The van der Waals surface area contributed by atoms with Gasteiger partial charge in [-0.15, -0.1) is 0 Å². The third-order valence-corrected chi connectivity index (χ3v) is 10.8. The molecule has 4 aliphatic rings. The number of nitrogens with one attached hydrogen (secondary N) is 1. The van der Waals surface area contributed by atoms with Crippen LogP contribution in [0.1, 0.15) is 63.1 Å². The number of pyridine rings is 2. The number of amides is 1. The molecule has 7 rings (SSSR count). The quantitative estimate of drug-likeness (QED) is 0.427. The van der Waals surface area contributed by atoms with Crippen LogP contribution in [-0.2, 0) is 16.6 Å². The molecule has 3 aromatic rings. The average molecular weight is 622 g/mol. The molecule has 2 unspecified atom stereocenters. The number of piperazine rings is 1. The highest BCUT2D eigenvalue weighted by Crippen LogP contribution is 2.53. The highest BCUT2D eigenvalue weighted by atomic mass is 19.4. The van der Waals surface area contributed by atoms with Crippen molar-refractivity contribution in [1.29, 1.82) is 0 Å². The minimum absolute atomic E-state index is 0.0571. The number of nitrogens with zero attached hydrogens (tertiary/aromatic N) is 6. The molecule has 2 aliphatic carbocycles. The first kappa shape index (κ1) is 30.0. The zero-order chi connectivity index (χ0) is 31.4. The lowest BCUT2D eigenvalue weighted by molar-refractivity contribution is -0.138. The molecule has 4 atom stereocenters. The van der Waals surface area contributed by atoms with Crippen molar-refractivity contribution in [3.05, 3.63) is 66.4 Å². The summed E-state index contributed by atoms with van der Waals surface area (Å²) in [6.07, 6.45) is 7.15. The fourth-order valence-corrected chi connectivity index (χ4v) is 8.24. The van der Waals surface area contributed by atoms with E-state index in [0.717, 1.165) is 49.8 Å². The van der Waals surface area contributed by atoms with Crippen molar-refractivity contribution in [1.82, 2.24) is 30.2 Å². The Morgan fingerprint density at radius 2 is 1.71 bits per heavy atom. The molecule has 2 N–H and O–H groups in total. The first-order valence-corrected chi connectivity index (χ1v) is 15.9. The van der Waals surface area contributed by atoms with Crippen LogP contribution in [0.25, 0.3) is 11.4 Å². The molecule has 4 fully saturated rings. The second kappa shape index (κ2) is 11.3. The van der Waals surface area contributed by atoms with Gasteiger partial charge < -0.3 is 20.2 Å². The standard InChI is InChI=1S/C33H38F3N7O2/c1-21-26-20-42(28-17-23(8-14-37-28)33(34,35)36)15-16-43(26)30(44)31(21)9-5-25(18-31)41-24-6-10-32(45,11-7-24)27-4-3-22(19-40-27)29-38-12-2-13-39-29/h2-4,8,12-14,17,19,21,24-26,41,45H,5-7,9-11,15-16,18,20H2,1H3/t21?,24?,25-,26?,31+,32?/m1/s1. The van der Waals surface area contributed by atoms with Gasteiger partial charge in [0.25, 0.3) is 0 Å². The van der Waals surface area contributed by atoms with E-state index in [0.29, 0.717) is 49.8 Å². The first-order chi connectivity index (χ1) is 21.6. The van der Waals surface area contributed by atoms with E-state index in [9.17, 15) is 23.1 Å². The number of rotatable bonds is 5. The van der Waals surface area contributed by atoms with Gasteiger partial charge in [-0.1, -0.05) is 6.92 Å². The summed E-state index contributed by atoms with van der Waals surface area (Å²) in [4.78, 5) is 35.1. The van der Waals surface area contributed by atoms with Gasteiger partial charge in [0.15, 0.2) is 5.82 Å². The van der Waals surface area contributed by atoms with Crippen molar-refractivity contribution in [2.45, 2.75) is 81.8 Å². The molecule has 1 spiro atoms. The molecule has 0 radical (unpaired) electrons. The van der Waals surface area contributed by atoms with Gasteiger partial charge in [0, 0.05) is 62.1 Å². The summed E-state index contributed by atoms with van der Waals surface area (Å²) in [7, 11) is 0. The Kier molecular flexibility index (Phi) is 7.55. The monoisotopic (exact) mass is 621 g/mol. The van der Waals surface area contributed by atoms with Crippen LogP contribution in [0.15, 0.2) is 55.1 Å². The summed E-state index contributed by atoms with van der Waals surface area (Å²) in [6, 6.07) is 8.04. The lowest BCUT2D eigenvalue weighted by Gasteiger charge is -2.39. The molecular weight excluding hydrogens is 583 g/mol. The van der Waals surface area contributed by atoms with Crippen LogP contribution in [0.2, 0.25) is 0 Å².